The van der Waals surface area contributed by atoms with Crippen LogP contribution in [0.1, 0.15) is 10.5 Å². The topological polar surface area (TPSA) is 68.5 Å². The van der Waals surface area contributed by atoms with Gasteiger partial charge in [0.15, 0.2) is 5.69 Å². The standard InChI is InChI=1S/C7H6BrNO4/c1-13-7(12)9-3-2-4(8)5(9)6(10)11/h2-3H,1H3,(H,10,11). The van der Waals surface area contributed by atoms with Gasteiger partial charge >= 0.3 is 12.1 Å². The fourth-order valence-electron chi connectivity index (χ4n) is 0.864. The van der Waals surface area contributed by atoms with Crippen LogP contribution in [0.25, 0.3) is 0 Å². The molecule has 1 rings (SSSR count). The van der Waals surface area contributed by atoms with Gasteiger partial charge in [-0.15, -0.1) is 0 Å². The summed E-state index contributed by atoms with van der Waals surface area (Å²) in [5.74, 6) is -1.19. The van der Waals surface area contributed by atoms with E-state index in [9.17, 15) is 9.59 Å². The van der Waals surface area contributed by atoms with Gasteiger partial charge in [-0.25, -0.2) is 14.2 Å². The summed E-state index contributed by atoms with van der Waals surface area (Å²) in [5, 5.41) is 8.72. The van der Waals surface area contributed by atoms with Crippen molar-refractivity contribution in [1.82, 2.24) is 4.57 Å². The van der Waals surface area contributed by atoms with E-state index in [0.29, 0.717) is 4.47 Å². The molecule has 1 aromatic heterocycles. The highest BCUT2D eigenvalue weighted by molar-refractivity contribution is 9.10. The first-order valence-corrected chi connectivity index (χ1v) is 4.05. The Morgan fingerprint density at radius 2 is 2.23 bits per heavy atom. The van der Waals surface area contributed by atoms with Crippen LogP contribution in [-0.2, 0) is 4.74 Å². The molecule has 0 saturated carbocycles. The fraction of sp³-hybridized carbons (Fsp3) is 0.143. The third kappa shape index (κ3) is 1.72. The first kappa shape index (κ1) is 9.79. The van der Waals surface area contributed by atoms with Gasteiger partial charge in [0, 0.05) is 6.20 Å². The number of aromatic nitrogens is 1. The van der Waals surface area contributed by atoms with E-state index in [1.165, 1.54) is 19.4 Å². The van der Waals surface area contributed by atoms with E-state index in [1.807, 2.05) is 0 Å². The Morgan fingerprint density at radius 1 is 1.62 bits per heavy atom. The lowest BCUT2D eigenvalue weighted by molar-refractivity contribution is 0.0682. The maximum absolute atomic E-state index is 11.0. The second-order valence-corrected chi connectivity index (χ2v) is 3.01. The van der Waals surface area contributed by atoms with Crippen molar-refractivity contribution in [3.8, 4) is 0 Å². The molecule has 6 heteroatoms. The van der Waals surface area contributed by atoms with Gasteiger partial charge in [-0.3, -0.25) is 0 Å². The number of carbonyl (C=O) groups excluding carboxylic acids is 1. The lowest BCUT2D eigenvalue weighted by Gasteiger charge is -2.02. The van der Waals surface area contributed by atoms with Gasteiger partial charge in [-0.1, -0.05) is 0 Å². The van der Waals surface area contributed by atoms with E-state index >= 15 is 0 Å². The van der Waals surface area contributed by atoms with Crippen LogP contribution >= 0.6 is 15.9 Å². The molecule has 0 radical (unpaired) electrons. The van der Waals surface area contributed by atoms with Crippen LogP contribution in [0.4, 0.5) is 4.79 Å². The lowest BCUT2D eigenvalue weighted by Crippen LogP contribution is -2.16. The summed E-state index contributed by atoms with van der Waals surface area (Å²) in [6, 6.07) is 1.46. The van der Waals surface area contributed by atoms with Crippen molar-refractivity contribution in [1.29, 1.82) is 0 Å². The molecule has 0 aromatic carbocycles. The lowest BCUT2D eigenvalue weighted by atomic mass is 10.4. The normalized spacial score (nSPS) is 9.69. The van der Waals surface area contributed by atoms with Gasteiger partial charge < -0.3 is 9.84 Å². The number of aromatic carboxylic acids is 1. The van der Waals surface area contributed by atoms with Crippen molar-refractivity contribution in [3.05, 3.63) is 22.4 Å². The average Bonchev–Trinajstić information content (AvgIpc) is 2.45. The molecule has 5 nitrogen and oxygen atoms in total. The molecule has 0 aliphatic carbocycles. The molecule has 0 aliphatic rings. The van der Waals surface area contributed by atoms with Crippen LogP contribution in [0.3, 0.4) is 0 Å². The van der Waals surface area contributed by atoms with E-state index in [4.69, 9.17) is 5.11 Å². The average molecular weight is 248 g/mol. The van der Waals surface area contributed by atoms with Gasteiger partial charge in [0.05, 0.1) is 11.6 Å². The van der Waals surface area contributed by atoms with Gasteiger partial charge in [0.1, 0.15) is 0 Å². The summed E-state index contributed by atoms with van der Waals surface area (Å²) in [4.78, 5) is 21.7. The molecule has 0 unspecified atom stereocenters. The number of ether oxygens (including phenoxy) is 1. The number of rotatable bonds is 1. The Balaban J connectivity index is 3.22. The molecule has 1 aromatic rings. The minimum atomic E-state index is -1.19. The highest BCUT2D eigenvalue weighted by Gasteiger charge is 2.18. The zero-order chi connectivity index (χ0) is 10.0. The number of hydrogen-bond donors (Lipinski definition) is 1. The highest BCUT2D eigenvalue weighted by atomic mass is 79.9. The molecule has 0 spiro atoms. The molecule has 0 aliphatic heterocycles. The summed E-state index contributed by atoms with van der Waals surface area (Å²) >= 11 is 3.01. The van der Waals surface area contributed by atoms with Crippen molar-refractivity contribution in [2.75, 3.05) is 7.11 Å². The van der Waals surface area contributed by atoms with Gasteiger partial charge in [0.2, 0.25) is 0 Å². The maximum atomic E-state index is 11.0. The van der Waals surface area contributed by atoms with E-state index in [-0.39, 0.29) is 5.69 Å². The van der Waals surface area contributed by atoms with Crippen LogP contribution in [0.2, 0.25) is 0 Å². The van der Waals surface area contributed by atoms with Crippen LogP contribution in [-0.4, -0.2) is 28.8 Å². The Morgan fingerprint density at radius 3 is 2.69 bits per heavy atom. The number of nitrogens with zero attached hydrogens (tertiary/aromatic N) is 1. The van der Waals surface area contributed by atoms with Crippen LogP contribution in [0.15, 0.2) is 16.7 Å². The summed E-state index contributed by atoms with van der Waals surface area (Å²) in [7, 11) is 1.18. The zero-order valence-electron chi connectivity index (χ0n) is 6.65. The monoisotopic (exact) mass is 247 g/mol. The molecular weight excluding hydrogens is 242 g/mol. The number of methoxy groups -OCH3 is 1. The number of carbonyl (C=O) groups is 2. The maximum Gasteiger partial charge on any atom is 0.418 e. The number of carboxylic acid groups (broad SMARTS) is 1. The molecule has 0 amide bonds. The molecule has 13 heavy (non-hydrogen) atoms. The first-order chi connectivity index (χ1) is 6.07. The Hall–Kier alpha value is -1.30. The molecule has 0 saturated heterocycles. The third-order valence-electron chi connectivity index (χ3n) is 1.41. The number of hydrogen-bond acceptors (Lipinski definition) is 3. The van der Waals surface area contributed by atoms with E-state index in [2.05, 4.69) is 20.7 Å². The molecule has 70 valence electrons. The predicted molar refractivity (Wildman–Crippen MR) is 46.9 cm³/mol. The Kier molecular flexibility index (Phi) is 2.72. The van der Waals surface area contributed by atoms with E-state index in [0.717, 1.165) is 4.57 Å². The third-order valence-corrected chi connectivity index (χ3v) is 2.05. The van der Waals surface area contributed by atoms with Crippen molar-refractivity contribution < 1.29 is 19.4 Å². The second-order valence-electron chi connectivity index (χ2n) is 2.16. The van der Waals surface area contributed by atoms with Gasteiger partial charge in [-0.2, -0.15) is 0 Å². The smallest absolute Gasteiger partial charge is 0.418 e. The van der Waals surface area contributed by atoms with Crippen molar-refractivity contribution in [3.63, 3.8) is 0 Å². The van der Waals surface area contributed by atoms with Gasteiger partial charge in [-0.05, 0) is 22.0 Å². The second kappa shape index (κ2) is 3.61. The Bertz CT molecular complexity index is 357. The SMILES string of the molecule is COC(=O)n1ccc(Br)c1C(=O)O. The van der Waals surface area contributed by atoms with Crippen molar-refractivity contribution in [2.45, 2.75) is 0 Å². The van der Waals surface area contributed by atoms with Crippen LogP contribution in [0, 0.1) is 0 Å². The summed E-state index contributed by atoms with van der Waals surface area (Å²) in [6.07, 6.45) is 0.586. The Labute approximate surface area is 82.0 Å². The van der Waals surface area contributed by atoms with Crippen molar-refractivity contribution >= 4 is 28.0 Å². The summed E-state index contributed by atoms with van der Waals surface area (Å²) in [5.41, 5.74) is -0.146. The predicted octanol–water partition coefficient (Wildman–Crippen LogP) is 1.56. The minimum absolute atomic E-state index is 0.146. The molecular formula is C7H6BrNO4. The number of carboxylic acids is 1. The van der Waals surface area contributed by atoms with Gasteiger partial charge in [0.25, 0.3) is 0 Å². The molecule has 1 N–H and O–H groups in total. The number of halogens is 1. The highest BCUT2D eigenvalue weighted by Crippen LogP contribution is 2.18. The summed E-state index contributed by atoms with van der Waals surface area (Å²) in [6.45, 7) is 0. The van der Waals surface area contributed by atoms with Crippen LogP contribution in [0.5, 0.6) is 0 Å². The molecule has 1 heterocycles. The zero-order valence-corrected chi connectivity index (χ0v) is 8.24. The molecule has 0 bridgehead atoms. The largest absolute Gasteiger partial charge is 0.477 e. The van der Waals surface area contributed by atoms with Crippen molar-refractivity contribution in [2.24, 2.45) is 0 Å². The quantitative estimate of drug-likeness (QED) is 0.818. The fourth-order valence-corrected chi connectivity index (χ4v) is 1.34. The molecule has 0 fully saturated rings. The summed E-state index contributed by atoms with van der Waals surface area (Å²) < 4.78 is 5.63. The molecule has 0 atom stereocenters. The van der Waals surface area contributed by atoms with E-state index < -0.39 is 12.1 Å². The van der Waals surface area contributed by atoms with Crippen LogP contribution < -0.4 is 0 Å². The van der Waals surface area contributed by atoms with E-state index in [1.54, 1.807) is 0 Å². The first-order valence-electron chi connectivity index (χ1n) is 3.26. The minimum Gasteiger partial charge on any atom is -0.477 e.